The maximum absolute atomic E-state index is 12.8. The van der Waals surface area contributed by atoms with E-state index in [2.05, 4.69) is 10.1 Å². The predicted octanol–water partition coefficient (Wildman–Crippen LogP) is 3.71. The summed E-state index contributed by atoms with van der Waals surface area (Å²) in [5, 5.41) is 4.03. The molecule has 0 aliphatic rings. The lowest BCUT2D eigenvalue weighted by atomic mass is 10.2. The van der Waals surface area contributed by atoms with Crippen LogP contribution in [0.15, 0.2) is 39.5 Å². The topological polar surface area (TPSA) is 90.8 Å². The summed E-state index contributed by atoms with van der Waals surface area (Å²) in [6.45, 7) is 5.81. The lowest BCUT2D eigenvalue weighted by molar-refractivity contribution is 0.0665. The number of methoxy groups -OCH3 is 2. The number of furan rings is 1. The van der Waals surface area contributed by atoms with E-state index in [9.17, 15) is 4.79 Å². The maximum atomic E-state index is 12.8. The van der Waals surface area contributed by atoms with E-state index in [0.717, 1.165) is 5.56 Å². The fourth-order valence-electron chi connectivity index (χ4n) is 2.81. The lowest BCUT2D eigenvalue weighted by Gasteiger charge is -2.24. The van der Waals surface area contributed by atoms with Gasteiger partial charge in [0.2, 0.25) is 11.7 Å². The largest absolute Gasteiger partial charge is 0.493 e. The highest BCUT2D eigenvalue weighted by Crippen LogP contribution is 2.31. The van der Waals surface area contributed by atoms with E-state index in [1.807, 2.05) is 19.9 Å². The Morgan fingerprint density at radius 2 is 1.93 bits per heavy atom. The predicted molar refractivity (Wildman–Crippen MR) is 101 cm³/mol. The van der Waals surface area contributed by atoms with Gasteiger partial charge in [-0.2, -0.15) is 4.98 Å². The van der Waals surface area contributed by atoms with Crippen LogP contribution in [0.1, 0.15) is 35.9 Å². The van der Waals surface area contributed by atoms with E-state index < -0.39 is 0 Å². The highest BCUT2D eigenvalue weighted by Gasteiger charge is 2.24. The van der Waals surface area contributed by atoms with Gasteiger partial charge in [-0.05, 0) is 45.0 Å². The van der Waals surface area contributed by atoms with Gasteiger partial charge in [0.15, 0.2) is 11.5 Å². The molecule has 8 nitrogen and oxygen atoms in total. The Hall–Kier alpha value is -3.29. The molecule has 1 aromatic carbocycles. The molecule has 0 saturated carbocycles. The summed E-state index contributed by atoms with van der Waals surface area (Å²) in [6, 6.07) is 6.97. The normalized spacial score (nSPS) is 10.9. The smallest absolute Gasteiger partial charge is 0.258 e. The zero-order chi connectivity index (χ0) is 20.3. The summed E-state index contributed by atoms with van der Waals surface area (Å²) in [6.07, 6.45) is 1.50. The minimum Gasteiger partial charge on any atom is -0.493 e. The number of aromatic nitrogens is 2. The number of nitrogens with zero attached hydrogens (tertiary/aromatic N) is 3. The standard InChI is InChI=1S/C20H23N3O5/c1-12(2)23(20(24)15-8-9-27-13(15)3)11-18-21-19(22-28-18)14-6-7-16(25-4)17(10-14)26-5/h6-10,12H,11H2,1-5H3. The minimum absolute atomic E-state index is 0.0572. The molecule has 3 rings (SSSR count). The van der Waals surface area contributed by atoms with E-state index in [-0.39, 0.29) is 18.5 Å². The number of rotatable bonds is 7. The van der Waals surface area contributed by atoms with Gasteiger partial charge < -0.3 is 23.3 Å². The highest BCUT2D eigenvalue weighted by atomic mass is 16.5. The summed E-state index contributed by atoms with van der Waals surface area (Å²) in [5.74, 6) is 2.36. The molecule has 0 fully saturated rings. The van der Waals surface area contributed by atoms with Crippen LogP contribution in [-0.2, 0) is 6.54 Å². The van der Waals surface area contributed by atoms with Crippen molar-refractivity contribution in [1.29, 1.82) is 0 Å². The molecule has 0 unspecified atom stereocenters. The van der Waals surface area contributed by atoms with E-state index >= 15 is 0 Å². The molecule has 0 N–H and O–H groups in total. The number of aryl methyl sites for hydroxylation is 1. The molecule has 28 heavy (non-hydrogen) atoms. The highest BCUT2D eigenvalue weighted by molar-refractivity contribution is 5.95. The van der Waals surface area contributed by atoms with Gasteiger partial charge in [0.25, 0.3) is 5.91 Å². The van der Waals surface area contributed by atoms with Crippen LogP contribution in [-0.4, -0.2) is 41.2 Å². The van der Waals surface area contributed by atoms with E-state index in [4.69, 9.17) is 18.4 Å². The molecular weight excluding hydrogens is 362 g/mol. The first kappa shape index (κ1) is 19.5. The van der Waals surface area contributed by atoms with Gasteiger partial charge >= 0.3 is 0 Å². The summed E-state index contributed by atoms with van der Waals surface area (Å²) in [7, 11) is 3.14. The Kier molecular flexibility index (Phi) is 5.67. The Bertz CT molecular complexity index is 960. The van der Waals surface area contributed by atoms with Crippen molar-refractivity contribution in [3.05, 3.63) is 47.7 Å². The Morgan fingerprint density at radius 1 is 1.18 bits per heavy atom. The molecule has 0 bridgehead atoms. The molecule has 0 radical (unpaired) electrons. The van der Waals surface area contributed by atoms with Crippen LogP contribution in [0.4, 0.5) is 0 Å². The Balaban J connectivity index is 1.83. The first-order chi connectivity index (χ1) is 13.4. The van der Waals surface area contributed by atoms with Crippen LogP contribution in [0.5, 0.6) is 11.5 Å². The van der Waals surface area contributed by atoms with E-state index in [1.165, 1.54) is 6.26 Å². The third kappa shape index (κ3) is 3.85. The van der Waals surface area contributed by atoms with Crippen molar-refractivity contribution in [3.63, 3.8) is 0 Å². The second kappa shape index (κ2) is 8.16. The van der Waals surface area contributed by atoms with Crippen LogP contribution in [0.25, 0.3) is 11.4 Å². The molecule has 0 aliphatic heterocycles. The summed E-state index contributed by atoms with van der Waals surface area (Å²) < 4.78 is 21.2. The second-order valence-corrected chi connectivity index (χ2v) is 6.50. The average molecular weight is 385 g/mol. The van der Waals surface area contributed by atoms with Crippen molar-refractivity contribution < 1.29 is 23.2 Å². The SMILES string of the molecule is COc1ccc(-c2noc(CN(C(=O)c3ccoc3C)C(C)C)n2)cc1OC. The van der Waals surface area contributed by atoms with Crippen molar-refractivity contribution in [2.24, 2.45) is 0 Å². The molecule has 8 heteroatoms. The molecule has 3 aromatic rings. The number of ether oxygens (including phenoxy) is 2. The van der Waals surface area contributed by atoms with Crippen LogP contribution in [0, 0.1) is 6.92 Å². The Labute approximate surface area is 163 Å². The summed E-state index contributed by atoms with van der Waals surface area (Å²) >= 11 is 0. The zero-order valence-corrected chi connectivity index (χ0v) is 16.6. The Morgan fingerprint density at radius 3 is 2.54 bits per heavy atom. The molecule has 2 aromatic heterocycles. The summed E-state index contributed by atoms with van der Waals surface area (Å²) in [4.78, 5) is 18.9. The van der Waals surface area contributed by atoms with Gasteiger partial charge in [0.05, 0.1) is 26.0 Å². The van der Waals surface area contributed by atoms with Crippen molar-refractivity contribution in [2.45, 2.75) is 33.4 Å². The molecule has 0 aliphatic carbocycles. The van der Waals surface area contributed by atoms with Crippen LogP contribution >= 0.6 is 0 Å². The van der Waals surface area contributed by atoms with Crippen LogP contribution < -0.4 is 9.47 Å². The summed E-state index contributed by atoms with van der Waals surface area (Å²) in [5.41, 5.74) is 1.24. The molecule has 0 spiro atoms. The number of amides is 1. The second-order valence-electron chi connectivity index (χ2n) is 6.50. The fraction of sp³-hybridized carbons (Fsp3) is 0.350. The quantitative estimate of drug-likeness (QED) is 0.612. The van der Waals surface area contributed by atoms with Crippen molar-refractivity contribution in [2.75, 3.05) is 14.2 Å². The molecule has 2 heterocycles. The molecular formula is C20H23N3O5. The van der Waals surface area contributed by atoms with Crippen molar-refractivity contribution in [3.8, 4) is 22.9 Å². The van der Waals surface area contributed by atoms with Gasteiger partial charge in [-0.25, -0.2) is 0 Å². The van der Waals surface area contributed by atoms with E-state index in [1.54, 1.807) is 44.2 Å². The number of hydrogen-bond donors (Lipinski definition) is 0. The molecule has 1 amide bonds. The third-order valence-corrected chi connectivity index (χ3v) is 4.39. The van der Waals surface area contributed by atoms with Crippen LogP contribution in [0.3, 0.4) is 0 Å². The minimum atomic E-state index is -0.146. The molecule has 0 saturated heterocycles. The number of hydrogen-bond acceptors (Lipinski definition) is 7. The number of benzene rings is 1. The zero-order valence-electron chi connectivity index (χ0n) is 16.6. The van der Waals surface area contributed by atoms with Gasteiger partial charge in [0.1, 0.15) is 12.3 Å². The third-order valence-electron chi connectivity index (χ3n) is 4.39. The lowest BCUT2D eigenvalue weighted by Crippen LogP contribution is -2.36. The van der Waals surface area contributed by atoms with Crippen molar-refractivity contribution in [1.82, 2.24) is 15.0 Å². The number of carbonyl (C=O) groups excluding carboxylic acids is 1. The van der Waals surface area contributed by atoms with Crippen molar-refractivity contribution >= 4 is 5.91 Å². The van der Waals surface area contributed by atoms with Crippen LogP contribution in [0.2, 0.25) is 0 Å². The van der Waals surface area contributed by atoms with Gasteiger partial charge in [-0.1, -0.05) is 5.16 Å². The first-order valence-corrected chi connectivity index (χ1v) is 8.84. The van der Waals surface area contributed by atoms with E-state index in [0.29, 0.717) is 34.5 Å². The monoisotopic (exact) mass is 385 g/mol. The van der Waals surface area contributed by atoms with Gasteiger partial charge in [-0.15, -0.1) is 0 Å². The molecule has 148 valence electrons. The fourth-order valence-corrected chi connectivity index (χ4v) is 2.81. The number of carbonyl (C=O) groups is 1. The average Bonchev–Trinajstić information content (AvgIpc) is 3.33. The van der Waals surface area contributed by atoms with Gasteiger partial charge in [-0.3, -0.25) is 4.79 Å². The maximum Gasteiger partial charge on any atom is 0.258 e. The first-order valence-electron chi connectivity index (χ1n) is 8.84. The molecule has 0 atom stereocenters. The van der Waals surface area contributed by atoms with Gasteiger partial charge in [0, 0.05) is 11.6 Å².